The van der Waals surface area contributed by atoms with Crippen LogP contribution in [0.5, 0.6) is 0 Å². The van der Waals surface area contributed by atoms with Crippen LogP contribution in [0.25, 0.3) is 0 Å². The standard InChI is InChI=1S/C22H28N2O2/c1-5-20(22(26)23-4)24(15-18-9-7-6-8-10-18)21(25)14-19-12-16(2)11-17(3)13-19/h6-13,20H,5,14-15H2,1-4H3,(H,23,26). The van der Waals surface area contributed by atoms with Crippen molar-refractivity contribution >= 4 is 11.8 Å². The molecule has 0 bridgehead atoms. The van der Waals surface area contributed by atoms with Crippen molar-refractivity contribution in [2.75, 3.05) is 7.05 Å². The van der Waals surface area contributed by atoms with Crippen LogP contribution in [0.15, 0.2) is 48.5 Å². The Balaban J connectivity index is 2.28. The normalized spacial score (nSPS) is 11.7. The molecule has 0 spiro atoms. The summed E-state index contributed by atoms with van der Waals surface area (Å²) in [6.45, 7) is 6.42. The fourth-order valence-corrected chi connectivity index (χ4v) is 3.31. The van der Waals surface area contributed by atoms with E-state index in [0.717, 1.165) is 22.3 Å². The molecule has 0 aliphatic carbocycles. The number of aryl methyl sites for hydroxylation is 2. The first-order valence-electron chi connectivity index (χ1n) is 9.06. The summed E-state index contributed by atoms with van der Waals surface area (Å²) in [6, 6.07) is 15.5. The lowest BCUT2D eigenvalue weighted by atomic mass is 10.0. The van der Waals surface area contributed by atoms with Crippen LogP contribution in [-0.4, -0.2) is 29.8 Å². The maximum Gasteiger partial charge on any atom is 0.242 e. The minimum absolute atomic E-state index is 0.0331. The van der Waals surface area contributed by atoms with Gasteiger partial charge in [0, 0.05) is 13.6 Å². The van der Waals surface area contributed by atoms with Crippen molar-refractivity contribution in [1.29, 1.82) is 0 Å². The van der Waals surface area contributed by atoms with Crippen LogP contribution in [0.2, 0.25) is 0 Å². The number of rotatable bonds is 7. The highest BCUT2D eigenvalue weighted by Crippen LogP contribution is 2.16. The van der Waals surface area contributed by atoms with Crippen molar-refractivity contribution in [3.8, 4) is 0 Å². The highest BCUT2D eigenvalue weighted by molar-refractivity contribution is 5.88. The molecule has 0 saturated heterocycles. The molecule has 1 N–H and O–H groups in total. The zero-order valence-electron chi connectivity index (χ0n) is 16.1. The highest BCUT2D eigenvalue weighted by Gasteiger charge is 2.27. The lowest BCUT2D eigenvalue weighted by molar-refractivity contribution is -0.140. The minimum Gasteiger partial charge on any atom is -0.357 e. The van der Waals surface area contributed by atoms with Gasteiger partial charge in [0.15, 0.2) is 0 Å². The Hall–Kier alpha value is -2.62. The molecule has 2 rings (SSSR count). The summed E-state index contributed by atoms with van der Waals surface area (Å²) in [5.74, 6) is -0.161. The summed E-state index contributed by atoms with van der Waals surface area (Å²) >= 11 is 0. The van der Waals surface area contributed by atoms with Crippen LogP contribution >= 0.6 is 0 Å². The smallest absolute Gasteiger partial charge is 0.242 e. The third-order valence-corrected chi connectivity index (χ3v) is 4.46. The number of nitrogens with zero attached hydrogens (tertiary/aromatic N) is 1. The average Bonchev–Trinajstić information content (AvgIpc) is 2.61. The summed E-state index contributed by atoms with van der Waals surface area (Å²) < 4.78 is 0. The van der Waals surface area contributed by atoms with Crippen molar-refractivity contribution in [3.05, 3.63) is 70.8 Å². The SMILES string of the molecule is CCC(C(=O)NC)N(Cc1ccccc1)C(=O)Cc1cc(C)cc(C)c1. The Morgan fingerprint density at radius 3 is 2.15 bits per heavy atom. The first-order chi connectivity index (χ1) is 12.4. The molecule has 0 aliphatic heterocycles. The third kappa shape index (κ3) is 5.19. The number of likely N-dealkylation sites (N-methyl/N-ethyl adjacent to an activating group) is 1. The molecule has 0 saturated carbocycles. The monoisotopic (exact) mass is 352 g/mol. The molecule has 2 amide bonds. The number of carbonyl (C=O) groups excluding carboxylic acids is 2. The molecule has 0 radical (unpaired) electrons. The minimum atomic E-state index is -0.474. The maximum atomic E-state index is 13.1. The van der Waals surface area contributed by atoms with E-state index in [-0.39, 0.29) is 11.8 Å². The van der Waals surface area contributed by atoms with E-state index in [9.17, 15) is 9.59 Å². The summed E-state index contributed by atoms with van der Waals surface area (Å²) in [6.07, 6.45) is 0.869. The second kappa shape index (κ2) is 9.18. The summed E-state index contributed by atoms with van der Waals surface area (Å²) in [4.78, 5) is 27.1. The van der Waals surface area contributed by atoms with Crippen LogP contribution in [0, 0.1) is 13.8 Å². The van der Waals surface area contributed by atoms with Crippen molar-refractivity contribution < 1.29 is 9.59 Å². The van der Waals surface area contributed by atoms with Gasteiger partial charge in [0.05, 0.1) is 6.42 Å². The Kier molecular flexibility index (Phi) is 6.96. The Morgan fingerprint density at radius 2 is 1.62 bits per heavy atom. The molecule has 0 aromatic heterocycles. The molecule has 4 nitrogen and oxygen atoms in total. The number of hydrogen-bond acceptors (Lipinski definition) is 2. The van der Waals surface area contributed by atoms with Gasteiger partial charge in [-0.2, -0.15) is 0 Å². The molecule has 1 atom stereocenters. The van der Waals surface area contributed by atoms with Gasteiger partial charge >= 0.3 is 0 Å². The van der Waals surface area contributed by atoms with Crippen LogP contribution in [-0.2, 0) is 22.6 Å². The highest BCUT2D eigenvalue weighted by atomic mass is 16.2. The van der Waals surface area contributed by atoms with Gasteiger partial charge in [0.1, 0.15) is 6.04 Å². The zero-order chi connectivity index (χ0) is 19.1. The van der Waals surface area contributed by atoms with E-state index in [4.69, 9.17) is 0 Å². The van der Waals surface area contributed by atoms with Gasteiger partial charge in [-0.1, -0.05) is 66.6 Å². The van der Waals surface area contributed by atoms with Crippen LogP contribution in [0.4, 0.5) is 0 Å². The molecular formula is C22H28N2O2. The molecule has 0 aliphatic rings. The van der Waals surface area contributed by atoms with Crippen LogP contribution in [0.3, 0.4) is 0 Å². The third-order valence-electron chi connectivity index (χ3n) is 4.46. The first-order valence-corrected chi connectivity index (χ1v) is 9.06. The largest absolute Gasteiger partial charge is 0.357 e. The van der Waals surface area contributed by atoms with Crippen molar-refractivity contribution in [3.63, 3.8) is 0 Å². The Labute approximate surface area is 156 Å². The van der Waals surface area contributed by atoms with Gasteiger partial charge in [0.25, 0.3) is 0 Å². The van der Waals surface area contributed by atoms with Crippen molar-refractivity contribution in [2.45, 2.75) is 46.2 Å². The predicted octanol–water partition coefficient (Wildman–Crippen LogP) is 3.40. The molecule has 138 valence electrons. The molecule has 1 unspecified atom stereocenters. The molecule has 0 heterocycles. The van der Waals surface area contributed by atoms with Gasteiger partial charge in [0.2, 0.25) is 11.8 Å². The fraction of sp³-hybridized carbons (Fsp3) is 0.364. The van der Waals surface area contributed by atoms with Gasteiger partial charge < -0.3 is 10.2 Å². The molecule has 0 fully saturated rings. The number of nitrogens with one attached hydrogen (secondary N) is 1. The van der Waals surface area contributed by atoms with Crippen LogP contribution in [0.1, 0.15) is 35.6 Å². The van der Waals surface area contributed by atoms with Gasteiger partial charge in [-0.05, 0) is 31.4 Å². The fourth-order valence-electron chi connectivity index (χ4n) is 3.31. The summed E-state index contributed by atoms with van der Waals surface area (Å²) in [5, 5.41) is 2.69. The molecule has 2 aromatic rings. The van der Waals surface area contributed by atoms with Crippen molar-refractivity contribution in [1.82, 2.24) is 10.2 Å². The number of hydrogen-bond donors (Lipinski definition) is 1. The van der Waals surface area contributed by atoms with E-state index in [1.807, 2.05) is 63.2 Å². The van der Waals surface area contributed by atoms with Gasteiger partial charge in [-0.15, -0.1) is 0 Å². The Bertz CT molecular complexity index is 736. The topological polar surface area (TPSA) is 49.4 Å². The molecule has 4 heteroatoms. The van der Waals surface area contributed by atoms with E-state index in [2.05, 4.69) is 11.4 Å². The zero-order valence-corrected chi connectivity index (χ0v) is 16.1. The molecule has 26 heavy (non-hydrogen) atoms. The summed E-state index contributed by atoms with van der Waals surface area (Å²) in [5.41, 5.74) is 4.28. The van der Waals surface area contributed by atoms with E-state index in [1.165, 1.54) is 0 Å². The number of benzene rings is 2. The second-order valence-electron chi connectivity index (χ2n) is 6.72. The molecular weight excluding hydrogens is 324 g/mol. The average molecular weight is 352 g/mol. The number of amides is 2. The quantitative estimate of drug-likeness (QED) is 0.830. The van der Waals surface area contributed by atoms with E-state index in [0.29, 0.717) is 19.4 Å². The van der Waals surface area contributed by atoms with Gasteiger partial charge in [-0.3, -0.25) is 9.59 Å². The van der Waals surface area contributed by atoms with E-state index >= 15 is 0 Å². The van der Waals surface area contributed by atoms with Crippen molar-refractivity contribution in [2.24, 2.45) is 0 Å². The number of carbonyl (C=O) groups is 2. The second-order valence-corrected chi connectivity index (χ2v) is 6.72. The van der Waals surface area contributed by atoms with Crippen LogP contribution < -0.4 is 5.32 Å². The van der Waals surface area contributed by atoms with Gasteiger partial charge in [-0.25, -0.2) is 0 Å². The Morgan fingerprint density at radius 1 is 1.00 bits per heavy atom. The lowest BCUT2D eigenvalue weighted by Crippen LogP contribution is -2.48. The van der Waals surface area contributed by atoms with E-state index < -0.39 is 6.04 Å². The predicted molar refractivity (Wildman–Crippen MR) is 105 cm³/mol. The molecule has 2 aromatic carbocycles. The lowest BCUT2D eigenvalue weighted by Gasteiger charge is -2.30. The maximum absolute atomic E-state index is 13.1. The first kappa shape index (κ1) is 19.7. The van der Waals surface area contributed by atoms with E-state index in [1.54, 1.807) is 11.9 Å². The summed E-state index contributed by atoms with van der Waals surface area (Å²) in [7, 11) is 1.61.